The van der Waals surface area contributed by atoms with Gasteiger partial charge in [-0.25, -0.2) is 8.42 Å². The Balaban J connectivity index is 1.54. The zero-order chi connectivity index (χ0) is 19.4. The van der Waals surface area contributed by atoms with E-state index in [1.807, 2.05) is 4.90 Å². The van der Waals surface area contributed by atoms with E-state index in [9.17, 15) is 13.2 Å². The van der Waals surface area contributed by atoms with Crippen LogP contribution in [0.15, 0.2) is 29.2 Å². The second kappa shape index (κ2) is 6.31. The molecule has 2 bridgehead atoms. The van der Waals surface area contributed by atoms with Crippen LogP contribution in [0.5, 0.6) is 0 Å². The number of hydrogen-bond donors (Lipinski definition) is 0. The topological polar surface area (TPSA) is 57.7 Å². The Morgan fingerprint density at radius 3 is 2.30 bits per heavy atom. The van der Waals surface area contributed by atoms with E-state index >= 15 is 0 Å². The molecule has 0 aromatic heterocycles. The van der Waals surface area contributed by atoms with Gasteiger partial charge in [-0.15, -0.1) is 0 Å². The summed E-state index contributed by atoms with van der Waals surface area (Å²) in [6.07, 6.45) is 5.09. The normalized spacial score (nSPS) is 30.6. The fourth-order valence-corrected chi connectivity index (χ4v) is 7.23. The summed E-state index contributed by atoms with van der Waals surface area (Å²) in [7, 11) is -3.43. The molecule has 1 aromatic carbocycles. The van der Waals surface area contributed by atoms with Gasteiger partial charge in [-0.05, 0) is 67.2 Å². The molecule has 1 aromatic rings. The van der Waals surface area contributed by atoms with Crippen molar-refractivity contribution in [3.63, 3.8) is 0 Å². The van der Waals surface area contributed by atoms with E-state index in [0.29, 0.717) is 24.7 Å². The number of benzene rings is 1. The van der Waals surface area contributed by atoms with Crippen LogP contribution in [0.3, 0.4) is 0 Å². The monoisotopic (exact) mass is 390 g/mol. The van der Waals surface area contributed by atoms with Gasteiger partial charge in [0, 0.05) is 31.2 Å². The van der Waals surface area contributed by atoms with Crippen LogP contribution in [-0.4, -0.2) is 49.2 Å². The van der Waals surface area contributed by atoms with Crippen molar-refractivity contribution in [1.29, 1.82) is 0 Å². The van der Waals surface area contributed by atoms with Gasteiger partial charge in [0.15, 0.2) is 0 Å². The first-order valence-corrected chi connectivity index (χ1v) is 11.5. The Labute approximate surface area is 162 Å². The first-order valence-electron chi connectivity index (χ1n) is 10.0. The van der Waals surface area contributed by atoms with Crippen molar-refractivity contribution >= 4 is 15.9 Å². The van der Waals surface area contributed by atoms with Gasteiger partial charge >= 0.3 is 0 Å². The Kier molecular flexibility index (Phi) is 4.43. The van der Waals surface area contributed by atoms with E-state index in [2.05, 4.69) is 20.8 Å². The molecule has 3 aliphatic rings. The number of likely N-dealkylation sites (tertiary alicyclic amines) is 1. The van der Waals surface area contributed by atoms with Crippen molar-refractivity contribution in [1.82, 2.24) is 9.21 Å². The van der Waals surface area contributed by atoms with Crippen LogP contribution in [-0.2, 0) is 10.0 Å². The number of carbonyl (C=O) groups excluding carboxylic acids is 1. The molecule has 27 heavy (non-hydrogen) atoms. The lowest BCUT2D eigenvalue weighted by atomic mass is 9.65. The van der Waals surface area contributed by atoms with Gasteiger partial charge in [0.1, 0.15) is 0 Å². The molecular weight excluding hydrogens is 360 g/mol. The highest BCUT2D eigenvalue weighted by Gasteiger charge is 2.51. The molecule has 2 saturated heterocycles. The molecule has 1 amide bonds. The van der Waals surface area contributed by atoms with Gasteiger partial charge in [0.25, 0.3) is 5.91 Å². The van der Waals surface area contributed by atoms with E-state index in [1.165, 1.54) is 4.31 Å². The van der Waals surface area contributed by atoms with E-state index < -0.39 is 10.0 Å². The lowest BCUT2D eigenvalue weighted by Crippen LogP contribution is -2.37. The molecule has 148 valence electrons. The maximum Gasteiger partial charge on any atom is 0.254 e. The molecule has 0 N–H and O–H groups in total. The van der Waals surface area contributed by atoms with Crippen molar-refractivity contribution in [2.24, 2.45) is 10.8 Å². The summed E-state index contributed by atoms with van der Waals surface area (Å²) >= 11 is 0. The highest BCUT2D eigenvalue weighted by molar-refractivity contribution is 7.89. The first-order chi connectivity index (χ1) is 12.6. The summed E-state index contributed by atoms with van der Waals surface area (Å²) in [6, 6.07) is 6.84. The zero-order valence-electron chi connectivity index (χ0n) is 16.6. The van der Waals surface area contributed by atoms with Gasteiger partial charge in [0.2, 0.25) is 10.0 Å². The zero-order valence-corrected chi connectivity index (χ0v) is 17.4. The molecule has 1 saturated carbocycles. The molecule has 2 atom stereocenters. The van der Waals surface area contributed by atoms with Crippen molar-refractivity contribution in [2.45, 2.75) is 63.8 Å². The quantitative estimate of drug-likeness (QED) is 0.793. The highest BCUT2D eigenvalue weighted by atomic mass is 32.2. The standard InChI is InChI=1S/C21H30N2O3S/c1-20(2)12-17-13-21(3,14-20)15-23(17)19(24)16-6-8-18(9-7-16)27(25,26)22-10-4-5-11-22/h6-9,17H,4-5,10-15H2,1-3H3. The van der Waals surface area contributed by atoms with Gasteiger partial charge in [0.05, 0.1) is 4.90 Å². The second-order valence-electron chi connectivity index (χ2n) is 9.78. The van der Waals surface area contributed by atoms with E-state index in [-0.39, 0.29) is 21.6 Å². The highest BCUT2D eigenvalue weighted by Crippen LogP contribution is 2.52. The number of sulfonamides is 1. The van der Waals surface area contributed by atoms with Gasteiger partial charge in [-0.1, -0.05) is 20.8 Å². The van der Waals surface area contributed by atoms with E-state index in [4.69, 9.17) is 0 Å². The molecule has 1 aliphatic carbocycles. The maximum absolute atomic E-state index is 13.1. The molecule has 2 heterocycles. The predicted octanol–water partition coefficient (Wildman–Crippen LogP) is 3.51. The van der Waals surface area contributed by atoms with Gasteiger partial charge < -0.3 is 4.90 Å². The van der Waals surface area contributed by atoms with E-state index in [0.717, 1.165) is 38.6 Å². The lowest BCUT2D eigenvalue weighted by Gasteiger charge is -2.39. The summed E-state index contributed by atoms with van der Waals surface area (Å²) in [5.74, 6) is 0.0338. The largest absolute Gasteiger partial charge is 0.335 e. The third kappa shape index (κ3) is 3.42. The maximum atomic E-state index is 13.1. The van der Waals surface area contributed by atoms with Crippen LogP contribution in [0.2, 0.25) is 0 Å². The average molecular weight is 391 g/mol. The molecule has 0 spiro atoms. The summed E-state index contributed by atoms with van der Waals surface area (Å²) < 4.78 is 26.9. The van der Waals surface area contributed by atoms with Crippen LogP contribution in [0.25, 0.3) is 0 Å². The summed E-state index contributed by atoms with van der Waals surface area (Å²) in [5, 5.41) is 0. The molecular formula is C21H30N2O3S. The minimum absolute atomic E-state index is 0.0338. The van der Waals surface area contributed by atoms with Crippen molar-refractivity contribution in [3.05, 3.63) is 29.8 Å². The van der Waals surface area contributed by atoms with Crippen LogP contribution in [0.1, 0.15) is 63.2 Å². The average Bonchev–Trinajstić information content (AvgIpc) is 3.20. The van der Waals surface area contributed by atoms with Crippen molar-refractivity contribution < 1.29 is 13.2 Å². The Bertz CT molecular complexity index is 841. The van der Waals surface area contributed by atoms with Crippen molar-refractivity contribution in [3.8, 4) is 0 Å². The van der Waals surface area contributed by atoms with Crippen LogP contribution < -0.4 is 0 Å². The minimum atomic E-state index is -3.43. The molecule has 5 nitrogen and oxygen atoms in total. The molecule has 2 aliphatic heterocycles. The Morgan fingerprint density at radius 1 is 1.04 bits per heavy atom. The summed E-state index contributed by atoms with van der Waals surface area (Å²) in [5.41, 5.74) is 1.05. The third-order valence-corrected chi connectivity index (χ3v) is 8.39. The fourth-order valence-electron chi connectivity index (χ4n) is 5.71. The van der Waals surface area contributed by atoms with Gasteiger partial charge in [-0.2, -0.15) is 4.31 Å². The number of carbonyl (C=O) groups is 1. The lowest BCUT2D eigenvalue weighted by molar-refractivity contribution is 0.0708. The molecule has 2 unspecified atom stereocenters. The third-order valence-electron chi connectivity index (χ3n) is 6.48. The fraction of sp³-hybridized carbons (Fsp3) is 0.667. The number of rotatable bonds is 3. The van der Waals surface area contributed by atoms with Crippen LogP contribution in [0, 0.1) is 10.8 Å². The van der Waals surface area contributed by atoms with E-state index in [1.54, 1.807) is 24.3 Å². The molecule has 0 radical (unpaired) electrons. The number of amides is 1. The molecule has 6 heteroatoms. The minimum Gasteiger partial charge on any atom is -0.335 e. The smallest absolute Gasteiger partial charge is 0.254 e. The first kappa shape index (κ1) is 18.9. The second-order valence-corrected chi connectivity index (χ2v) is 11.7. The number of nitrogens with zero attached hydrogens (tertiary/aromatic N) is 2. The SMILES string of the molecule is CC1(C)CC2CC(C)(CN2C(=O)c2ccc(S(=O)(=O)N3CCCC3)cc2)C1. The van der Waals surface area contributed by atoms with Crippen LogP contribution >= 0.6 is 0 Å². The number of fused-ring (bicyclic) bond motifs is 2. The number of hydrogen-bond acceptors (Lipinski definition) is 3. The molecule has 3 fully saturated rings. The predicted molar refractivity (Wildman–Crippen MR) is 105 cm³/mol. The van der Waals surface area contributed by atoms with Crippen LogP contribution in [0.4, 0.5) is 0 Å². The summed E-state index contributed by atoms with van der Waals surface area (Å²) in [4.78, 5) is 15.4. The molecule has 4 rings (SSSR count). The van der Waals surface area contributed by atoms with Gasteiger partial charge in [-0.3, -0.25) is 4.79 Å². The summed E-state index contributed by atoms with van der Waals surface area (Å²) in [6.45, 7) is 8.86. The Morgan fingerprint density at radius 2 is 1.67 bits per heavy atom. The Hall–Kier alpha value is -1.40. The van der Waals surface area contributed by atoms with Crippen molar-refractivity contribution in [2.75, 3.05) is 19.6 Å².